The van der Waals surface area contributed by atoms with Gasteiger partial charge in [0.2, 0.25) is 0 Å². The monoisotopic (exact) mass is 266 g/mol. The second kappa shape index (κ2) is 4.86. The van der Waals surface area contributed by atoms with Gasteiger partial charge < -0.3 is 9.73 Å². The maximum absolute atomic E-state index is 12.1. The van der Waals surface area contributed by atoms with Crippen molar-refractivity contribution in [2.24, 2.45) is 0 Å². The fourth-order valence-corrected chi connectivity index (χ4v) is 2.65. The standard InChI is InChI=1S/C16H14N2O2/c17-11-16(18-15(19)14-6-3-9-20-14)8-7-12-4-1-2-5-13(12)10-16/h1-6,9H,7-8,10H2,(H,18,19). The van der Waals surface area contributed by atoms with Gasteiger partial charge in [0.25, 0.3) is 5.91 Å². The lowest BCUT2D eigenvalue weighted by atomic mass is 9.79. The van der Waals surface area contributed by atoms with Crippen LogP contribution in [0.3, 0.4) is 0 Å². The number of nitriles is 1. The number of nitrogens with zero attached hydrogens (tertiary/aromatic N) is 1. The summed E-state index contributed by atoms with van der Waals surface area (Å²) in [5.41, 5.74) is 1.53. The first-order chi connectivity index (χ1) is 9.72. The Balaban J connectivity index is 1.84. The molecule has 3 rings (SSSR count). The van der Waals surface area contributed by atoms with Crippen LogP contribution in [0.4, 0.5) is 0 Å². The molecule has 0 bridgehead atoms. The van der Waals surface area contributed by atoms with E-state index in [0.717, 1.165) is 12.0 Å². The normalized spacial score (nSPS) is 20.8. The second-order valence-corrected chi connectivity index (χ2v) is 5.07. The Bertz CT molecular complexity index is 670. The summed E-state index contributed by atoms with van der Waals surface area (Å²) >= 11 is 0. The maximum Gasteiger partial charge on any atom is 0.288 e. The van der Waals surface area contributed by atoms with Gasteiger partial charge in [0.1, 0.15) is 5.54 Å². The molecule has 1 N–H and O–H groups in total. The third kappa shape index (κ3) is 2.19. The molecule has 1 atom stereocenters. The lowest BCUT2D eigenvalue weighted by Gasteiger charge is -2.32. The molecule has 0 spiro atoms. The first-order valence-electron chi connectivity index (χ1n) is 6.56. The summed E-state index contributed by atoms with van der Waals surface area (Å²) in [6.07, 6.45) is 3.39. The minimum Gasteiger partial charge on any atom is -0.459 e. The van der Waals surface area contributed by atoms with Crippen LogP contribution in [-0.4, -0.2) is 11.4 Å². The Morgan fingerprint density at radius 1 is 1.25 bits per heavy atom. The number of furan rings is 1. The van der Waals surface area contributed by atoms with Gasteiger partial charge in [0.05, 0.1) is 12.3 Å². The SMILES string of the molecule is N#CC1(NC(=O)c2ccco2)CCc2ccccc2C1. The molecule has 4 nitrogen and oxygen atoms in total. The summed E-state index contributed by atoms with van der Waals surface area (Å²) in [4.78, 5) is 12.1. The lowest BCUT2D eigenvalue weighted by Crippen LogP contribution is -2.51. The lowest BCUT2D eigenvalue weighted by molar-refractivity contribution is 0.0885. The Labute approximate surface area is 117 Å². The van der Waals surface area contributed by atoms with Crippen molar-refractivity contribution in [1.29, 1.82) is 5.26 Å². The van der Waals surface area contributed by atoms with Crippen LogP contribution in [0.25, 0.3) is 0 Å². The minimum absolute atomic E-state index is 0.235. The highest BCUT2D eigenvalue weighted by Gasteiger charge is 2.36. The van der Waals surface area contributed by atoms with Crippen molar-refractivity contribution >= 4 is 5.91 Å². The zero-order valence-corrected chi connectivity index (χ0v) is 10.9. The number of aryl methyl sites for hydroxylation is 1. The van der Waals surface area contributed by atoms with E-state index in [1.807, 2.05) is 18.2 Å². The van der Waals surface area contributed by atoms with E-state index >= 15 is 0 Å². The number of fused-ring (bicyclic) bond motifs is 1. The molecule has 1 aliphatic rings. The van der Waals surface area contributed by atoms with E-state index in [2.05, 4.69) is 17.5 Å². The summed E-state index contributed by atoms with van der Waals surface area (Å²) in [5, 5.41) is 12.3. The highest BCUT2D eigenvalue weighted by Crippen LogP contribution is 2.28. The van der Waals surface area contributed by atoms with E-state index in [-0.39, 0.29) is 11.7 Å². The molecule has 100 valence electrons. The minimum atomic E-state index is -0.849. The fraction of sp³-hybridized carbons (Fsp3) is 0.250. The smallest absolute Gasteiger partial charge is 0.288 e. The zero-order valence-electron chi connectivity index (χ0n) is 10.9. The number of hydrogen-bond acceptors (Lipinski definition) is 3. The van der Waals surface area contributed by atoms with E-state index in [9.17, 15) is 10.1 Å². The molecule has 1 aliphatic carbocycles. The molecule has 0 saturated heterocycles. The quantitative estimate of drug-likeness (QED) is 0.908. The third-order valence-corrected chi connectivity index (χ3v) is 3.74. The predicted molar refractivity (Wildman–Crippen MR) is 73.0 cm³/mol. The van der Waals surface area contributed by atoms with E-state index in [0.29, 0.717) is 12.8 Å². The molecule has 0 aliphatic heterocycles. The first-order valence-corrected chi connectivity index (χ1v) is 6.56. The average molecular weight is 266 g/mol. The number of hydrogen-bond donors (Lipinski definition) is 1. The molecule has 2 aromatic rings. The number of carbonyl (C=O) groups excluding carboxylic acids is 1. The summed E-state index contributed by atoms with van der Waals surface area (Å²) in [6, 6.07) is 13.6. The van der Waals surface area contributed by atoms with Gasteiger partial charge >= 0.3 is 0 Å². The van der Waals surface area contributed by atoms with Crippen LogP contribution in [0.1, 0.15) is 28.1 Å². The van der Waals surface area contributed by atoms with Crippen LogP contribution in [0, 0.1) is 11.3 Å². The predicted octanol–water partition coefficient (Wildman–Crippen LogP) is 2.46. The summed E-state index contributed by atoms with van der Waals surface area (Å²) < 4.78 is 5.07. The number of amides is 1. The molecule has 0 fully saturated rings. The molecular formula is C16H14N2O2. The van der Waals surface area contributed by atoms with Crippen LogP contribution >= 0.6 is 0 Å². The highest BCUT2D eigenvalue weighted by molar-refractivity contribution is 5.92. The van der Waals surface area contributed by atoms with Gasteiger partial charge in [-0.3, -0.25) is 4.79 Å². The molecule has 0 saturated carbocycles. The molecule has 1 aromatic carbocycles. The van der Waals surface area contributed by atoms with Crippen LogP contribution in [0.2, 0.25) is 0 Å². The second-order valence-electron chi connectivity index (χ2n) is 5.07. The van der Waals surface area contributed by atoms with Gasteiger partial charge in [-0.05, 0) is 36.1 Å². The number of nitrogens with one attached hydrogen (secondary N) is 1. The number of benzene rings is 1. The zero-order chi connectivity index (χ0) is 14.0. The number of carbonyl (C=O) groups is 1. The van der Waals surface area contributed by atoms with E-state index < -0.39 is 5.54 Å². The third-order valence-electron chi connectivity index (χ3n) is 3.74. The Morgan fingerprint density at radius 2 is 2.05 bits per heavy atom. The molecule has 1 aromatic heterocycles. The average Bonchev–Trinajstić information content (AvgIpc) is 3.01. The van der Waals surface area contributed by atoms with E-state index in [1.165, 1.54) is 11.8 Å². The van der Waals surface area contributed by atoms with Gasteiger partial charge in [-0.2, -0.15) is 5.26 Å². The Hall–Kier alpha value is -2.54. The molecule has 1 amide bonds. The Kier molecular flexibility index (Phi) is 3.03. The largest absolute Gasteiger partial charge is 0.459 e. The summed E-state index contributed by atoms with van der Waals surface area (Å²) in [7, 11) is 0. The van der Waals surface area contributed by atoms with Crippen molar-refractivity contribution in [2.45, 2.75) is 24.8 Å². The topological polar surface area (TPSA) is 66.0 Å². The molecule has 1 heterocycles. The van der Waals surface area contributed by atoms with Crippen LogP contribution in [0.5, 0.6) is 0 Å². The number of rotatable bonds is 2. The Morgan fingerprint density at radius 3 is 2.75 bits per heavy atom. The van der Waals surface area contributed by atoms with Crippen LogP contribution in [0.15, 0.2) is 47.1 Å². The summed E-state index contributed by atoms with van der Waals surface area (Å²) in [5.74, 6) is -0.102. The van der Waals surface area contributed by atoms with Crippen molar-refractivity contribution < 1.29 is 9.21 Å². The van der Waals surface area contributed by atoms with Crippen molar-refractivity contribution in [2.75, 3.05) is 0 Å². The van der Waals surface area contributed by atoms with E-state index in [1.54, 1.807) is 12.1 Å². The van der Waals surface area contributed by atoms with E-state index in [4.69, 9.17) is 4.42 Å². The van der Waals surface area contributed by atoms with Gasteiger partial charge in [-0.25, -0.2) is 0 Å². The van der Waals surface area contributed by atoms with Crippen LogP contribution < -0.4 is 5.32 Å². The van der Waals surface area contributed by atoms with Crippen molar-refractivity contribution in [3.63, 3.8) is 0 Å². The first kappa shape index (κ1) is 12.5. The van der Waals surface area contributed by atoms with Gasteiger partial charge in [0, 0.05) is 6.42 Å². The molecule has 4 heteroatoms. The summed E-state index contributed by atoms with van der Waals surface area (Å²) in [6.45, 7) is 0. The molecule has 1 unspecified atom stereocenters. The fourth-order valence-electron chi connectivity index (χ4n) is 2.65. The maximum atomic E-state index is 12.1. The molecule has 0 radical (unpaired) electrons. The van der Waals surface area contributed by atoms with Crippen molar-refractivity contribution in [3.8, 4) is 6.07 Å². The highest BCUT2D eigenvalue weighted by atomic mass is 16.3. The molecular weight excluding hydrogens is 252 g/mol. The van der Waals surface area contributed by atoms with Gasteiger partial charge in [-0.1, -0.05) is 24.3 Å². The van der Waals surface area contributed by atoms with Crippen molar-refractivity contribution in [3.05, 3.63) is 59.5 Å². The van der Waals surface area contributed by atoms with Gasteiger partial charge in [-0.15, -0.1) is 0 Å². The van der Waals surface area contributed by atoms with Crippen LogP contribution in [-0.2, 0) is 12.8 Å². The molecule has 20 heavy (non-hydrogen) atoms. The van der Waals surface area contributed by atoms with Gasteiger partial charge in [0.15, 0.2) is 5.76 Å². The van der Waals surface area contributed by atoms with Crippen molar-refractivity contribution in [1.82, 2.24) is 5.32 Å².